The van der Waals surface area contributed by atoms with Crippen molar-refractivity contribution in [2.75, 3.05) is 19.6 Å². The van der Waals surface area contributed by atoms with Crippen LogP contribution in [0.4, 0.5) is 0 Å². The molecule has 2 nitrogen and oxygen atoms in total. The molecular formula is C11H22N2. The van der Waals surface area contributed by atoms with E-state index in [1.54, 1.807) is 0 Å². The van der Waals surface area contributed by atoms with Crippen molar-refractivity contribution >= 4 is 0 Å². The van der Waals surface area contributed by atoms with Crippen LogP contribution in [0.25, 0.3) is 0 Å². The fraction of sp³-hybridized carbons (Fsp3) is 0.818. The molecule has 1 heterocycles. The molecule has 0 aliphatic carbocycles. The molecule has 0 spiro atoms. The lowest BCUT2D eigenvalue weighted by molar-refractivity contribution is 0.147. The quantitative estimate of drug-likeness (QED) is 0.667. The van der Waals surface area contributed by atoms with Crippen LogP contribution in [0, 0.1) is 0 Å². The molecule has 1 aliphatic rings. The summed E-state index contributed by atoms with van der Waals surface area (Å²) in [6.45, 7) is 10.1. The first-order valence-electron chi connectivity index (χ1n) is 5.36. The molecule has 0 amide bonds. The van der Waals surface area contributed by atoms with Crippen molar-refractivity contribution < 1.29 is 0 Å². The maximum absolute atomic E-state index is 3.52. The molecule has 0 aromatic heterocycles. The van der Waals surface area contributed by atoms with Gasteiger partial charge in [-0.1, -0.05) is 19.1 Å². The first kappa shape index (κ1) is 10.7. The van der Waals surface area contributed by atoms with Crippen molar-refractivity contribution in [2.45, 2.75) is 39.3 Å². The number of nitrogens with zero attached hydrogens (tertiary/aromatic N) is 1. The molecule has 76 valence electrons. The second-order valence-electron chi connectivity index (χ2n) is 3.89. The molecule has 0 radical (unpaired) electrons. The number of nitrogens with one attached hydrogen (secondary N) is 1. The lowest BCUT2D eigenvalue weighted by Crippen LogP contribution is -2.55. The summed E-state index contributed by atoms with van der Waals surface area (Å²) in [6.07, 6.45) is 5.64. The Hall–Kier alpha value is -0.340. The van der Waals surface area contributed by atoms with Crippen molar-refractivity contribution in [2.24, 2.45) is 0 Å². The fourth-order valence-electron chi connectivity index (χ4n) is 1.90. The first-order valence-corrected chi connectivity index (χ1v) is 5.36. The van der Waals surface area contributed by atoms with Gasteiger partial charge in [-0.15, -0.1) is 0 Å². The van der Waals surface area contributed by atoms with E-state index in [1.165, 1.54) is 13.0 Å². The molecule has 0 aromatic rings. The van der Waals surface area contributed by atoms with Gasteiger partial charge in [0.2, 0.25) is 0 Å². The predicted molar refractivity (Wildman–Crippen MR) is 57.9 cm³/mol. The topological polar surface area (TPSA) is 15.3 Å². The molecule has 13 heavy (non-hydrogen) atoms. The van der Waals surface area contributed by atoms with Crippen LogP contribution < -0.4 is 5.32 Å². The summed E-state index contributed by atoms with van der Waals surface area (Å²) in [7, 11) is 0. The van der Waals surface area contributed by atoms with Gasteiger partial charge in [-0.3, -0.25) is 4.90 Å². The molecule has 0 saturated carbocycles. The molecule has 2 unspecified atom stereocenters. The van der Waals surface area contributed by atoms with Gasteiger partial charge in [0, 0.05) is 31.7 Å². The van der Waals surface area contributed by atoms with Gasteiger partial charge in [-0.05, 0) is 20.3 Å². The van der Waals surface area contributed by atoms with Gasteiger partial charge in [0.05, 0.1) is 0 Å². The van der Waals surface area contributed by atoms with E-state index in [1.807, 2.05) is 0 Å². The Kier molecular flexibility index (Phi) is 4.46. The van der Waals surface area contributed by atoms with Crippen LogP contribution in [0.15, 0.2) is 12.2 Å². The highest BCUT2D eigenvalue weighted by Gasteiger charge is 2.22. The zero-order chi connectivity index (χ0) is 9.68. The third kappa shape index (κ3) is 3.12. The van der Waals surface area contributed by atoms with Crippen LogP contribution in [0.2, 0.25) is 0 Å². The van der Waals surface area contributed by atoms with E-state index in [9.17, 15) is 0 Å². The molecule has 1 aliphatic heterocycles. The Bertz CT molecular complexity index is 165. The number of piperazine rings is 1. The molecule has 2 heteroatoms. The lowest BCUT2D eigenvalue weighted by Gasteiger charge is -2.38. The average molecular weight is 182 g/mol. The third-order valence-electron chi connectivity index (χ3n) is 2.77. The summed E-state index contributed by atoms with van der Waals surface area (Å²) in [5, 5.41) is 3.52. The van der Waals surface area contributed by atoms with Gasteiger partial charge < -0.3 is 5.32 Å². The standard InChI is InChI=1S/C11H22N2/c1-4-6-7-13-9-10(3)12-8-11(13)5-2/h4,6,10-12H,5,7-9H2,1-3H3/b6-4+. The predicted octanol–water partition coefficient (Wildman–Crippen LogP) is 1.63. The van der Waals surface area contributed by atoms with E-state index in [2.05, 4.69) is 43.1 Å². The smallest absolute Gasteiger partial charge is 0.0222 e. The number of hydrogen-bond acceptors (Lipinski definition) is 2. The van der Waals surface area contributed by atoms with Crippen molar-refractivity contribution in [1.82, 2.24) is 10.2 Å². The van der Waals surface area contributed by atoms with E-state index in [0.717, 1.165) is 19.1 Å². The van der Waals surface area contributed by atoms with Crippen molar-refractivity contribution in [3.05, 3.63) is 12.2 Å². The summed E-state index contributed by atoms with van der Waals surface area (Å²) in [6, 6.07) is 1.38. The van der Waals surface area contributed by atoms with Crippen LogP contribution in [-0.2, 0) is 0 Å². The molecule has 0 aromatic carbocycles. The minimum atomic E-state index is 0.646. The minimum Gasteiger partial charge on any atom is -0.311 e. The SMILES string of the molecule is C/C=C/CN1CC(C)NCC1CC. The largest absolute Gasteiger partial charge is 0.311 e. The van der Waals surface area contributed by atoms with Crippen LogP contribution in [0.5, 0.6) is 0 Å². The molecule has 2 atom stereocenters. The van der Waals surface area contributed by atoms with Gasteiger partial charge in [0.25, 0.3) is 0 Å². The summed E-state index contributed by atoms with van der Waals surface area (Å²) in [5.41, 5.74) is 0. The van der Waals surface area contributed by atoms with Crippen molar-refractivity contribution in [3.63, 3.8) is 0 Å². The summed E-state index contributed by atoms with van der Waals surface area (Å²) in [4.78, 5) is 2.57. The van der Waals surface area contributed by atoms with Crippen LogP contribution in [-0.4, -0.2) is 36.6 Å². The average Bonchev–Trinajstić information content (AvgIpc) is 2.15. The fourth-order valence-corrected chi connectivity index (χ4v) is 1.90. The molecule has 1 fully saturated rings. The van der Waals surface area contributed by atoms with Gasteiger partial charge >= 0.3 is 0 Å². The second-order valence-corrected chi connectivity index (χ2v) is 3.89. The Morgan fingerprint density at radius 1 is 1.54 bits per heavy atom. The maximum atomic E-state index is 3.52. The monoisotopic (exact) mass is 182 g/mol. The molecular weight excluding hydrogens is 160 g/mol. The highest BCUT2D eigenvalue weighted by Crippen LogP contribution is 2.09. The Labute approximate surface area is 82.0 Å². The van der Waals surface area contributed by atoms with Gasteiger partial charge in [-0.25, -0.2) is 0 Å². The molecule has 1 rings (SSSR count). The lowest BCUT2D eigenvalue weighted by atomic mass is 10.1. The van der Waals surface area contributed by atoms with Crippen LogP contribution >= 0.6 is 0 Å². The van der Waals surface area contributed by atoms with Gasteiger partial charge in [0.1, 0.15) is 0 Å². The minimum absolute atomic E-state index is 0.646. The Morgan fingerprint density at radius 3 is 2.92 bits per heavy atom. The third-order valence-corrected chi connectivity index (χ3v) is 2.77. The van der Waals surface area contributed by atoms with E-state index in [-0.39, 0.29) is 0 Å². The van der Waals surface area contributed by atoms with Crippen molar-refractivity contribution in [3.8, 4) is 0 Å². The molecule has 1 N–H and O–H groups in total. The van der Waals surface area contributed by atoms with E-state index in [4.69, 9.17) is 0 Å². The van der Waals surface area contributed by atoms with Crippen LogP contribution in [0.3, 0.4) is 0 Å². The highest BCUT2D eigenvalue weighted by molar-refractivity contribution is 4.89. The first-order chi connectivity index (χ1) is 6.27. The van der Waals surface area contributed by atoms with E-state index in [0.29, 0.717) is 6.04 Å². The van der Waals surface area contributed by atoms with Crippen molar-refractivity contribution in [1.29, 1.82) is 0 Å². The molecule has 1 saturated heterocycles. The second kappa shape index (κ2) is 5.40. The maximum Gasteiger partial charge on any atom is 0.0222 e. The molecule has 0 bridgehead atoms. The normalized spacial score (nSPS) is 31.3. The highest BCUT2D eigenvalue weighted by atomic mass is 15.2. The zero-order valence-corrected chi connectivity index (χ0v) is 9.09. The van der Waals surface area contributed by atoms with Gasteiger partial charge in [-0.2, -0.15) is 0 Å². The number of allylic oxidation sites excluding steroid dienone is 1. The Balaban J connectivity index is 2.44. The Morgan fingerprint density at radius 2 is 2.31 bits per heavy atom. The summed E-state index contributed by atoms with van der Waals surface area (Å²) < 4.78 is 0. The zero-order valence-electron chi connectivity index (χ0n) is 9.09. The van der Waals surface area contributed by atoms with Gasteiger partial charge in [0.15, 0.2) is 0 Å². The van der Waals surface area contributed by atoms with E-state index >= 15 is 0 Å². The van der Waals surface area contributed by atoms with Crippen LogP contribution in [0.1, 0.15) is 27.2 Å². The number of hydrogen-bond donors (Lipinski definition) is 1. The summed E-state index contributed by atoms with van der Waals surface area (Å²) >= 11 is 0. The van der Waals surface area contributed by atoms with E-state index < -0.39 is 0 Å². The summed E-state index contributed by atoms with van der Waals surface area (Å²) in [5.74, 6) is 0. The number of rotatable bonds is 3.